The van der Waals surface area contributed by atoms with Gasteiger partial charge in [0.25, 0.3) is 0 Å². The maximum atomic E-state index is 5.35. The first-order chi connectivity index (χ1) is 8.93. The van der Waals surface area contributed by atoms with Gasteiger partial charge < -0.3 is 14.6 Å². The molecule has 0 aliphatic carbocycles. The third kappa shape index (κ3) is 2.54. The fourth-order valence-electron chi connectivity index (χ4n) is 2.48. The van der Waals surface area contributed by atoms with E-state index in [1.165, 1.54) is 5.52 Å². The highest BCUT2D eigenvalue weighted by atomic mass is 16.5. The van der Waals surface area contributed by atoms with E-state index in [1.807, 2.05) is 12.4 Å². The molecule has 0 amide bonds. The van der Waals surface area contributed by atoms with Crippen molar-refractivity contribution in [3.05, 3.63) is 30.6 Å². The van der Waals surface area contributed by atoms with Crippen LogP contribution in [-0.2, 0) is 11.3 Å². The average molecular weight is 245 g/mol. The van der Waals surface area contributed by atoms with Crippen LogP contribution in [0.1, 0.15) is 12.8 Å². The van der Waals surface area contributed by atoms with Crippen LogP contribution in [0.4, 0.5) is 0 Å². The number of hydrogen-bond donors (Lipinski definition) is 1. The second kappa shape index (κ2) is 5.50. The molecular weight excluding hydrogens is 226 g/mol. The van der Waals surface area contributed by atoms with Crippen molar-refractivity contribution in [3.63, 3.8) is 0 Å². The summed E-state index contributed by atoms with van der Waals surface area (Å²) >= 11 is 0. The van der Waals surface area contributed by atoms with Crippen LogP contribution in [0.15, 0.2) is 30.6 Å². The topological polar surface area (TPSA) is 39.1 Å². The van der Waals surface area contributed by atoms with Gasteiger partial charge in [-0.25, -0.2) is 4.98 Å². The Morgan fingerprint density at radius 1 is 1.28 bits per heavy atom. The smallest absolute Gasteiger partial charge is 0.0958 e. The van der Waals surface area contributed by atoms with Crippen molar-refractivity contribution < 1.29 is 4.74 Å². The Morgan fingerprint density at radius 3 is 3.00 bits per heavy atom. The molecule has 4 nitrogen and oxygen atoms in total. The normalized spacial score (nSPS) is 17.3. The van der Waals surface area contributed by atoms with Gasteiger partial charge in [-0.15, -0.1) is 0 Å². The molecule has 1 aliphatic rings. The van der Waals surface area contributed by atoms with Gasteiger partial charge in [-0.1, -0.05) is 12.1 Å². The van der Waals surface area contributed by atoms with Gasteiger partial charge >= 0.3 is 0 Å². The standard InChI is InChI=1S/C14H19N3O/c1-2-4-14-13(3-1)16-11-17(14)8-7-15-12-5-9-18-10-6-12/h1-4,11-12,15H,5-10H2. The lowest BCUT2D eigenvalue weighted by Gasteiger charge is -2.23. The largest absolute Gasteiger partial charge is 0.381 e. The van der Waals surface area contributed by atoms with Crippen LogP contribution in [0, 0.1) is 0 Å². The van der Waals surface area contributed by atoms with E-state index in [0.717, 1.165) is 44.7 Å². The van der Waals surface area contributed by atoms with Crippen LogP contribution in [-0.4, -0.2) is 35.4 Å². The summed E-state index contributed by atoms with van der Waals surface area (Å²) in [6, 6.07) is 8.88. The molecule has 0 saturated carbocycles. The zero-order valence-electron chi connectivity index (χ0n) is 10.5. The number of fused-ring (bicyclic) bond motifs is 1. The SMILES string of the molecule is c1ccc2c(c1)ncn2CCNC1CCOCC1. The van der Waals surface area contributed by atoms with Crippen molar-refractivity contribution in [2.24, 2.45) is 0 Å². The summed E-state index contributed by atoms with van der Waals surface area (Å²) in [6.07, 6.45) is 4.19. The van der Waals surface area contributed by atoms with Crippen molar-refractivity contribution in [1.29, 1.82) is 0 Å². The molecule has 0 unspecified atom stereocenters. The van der Waals surface area contributed by atoms with E-state index in [9.17, 15) is 0 Å². The molecule has 1 fully saturated rings. The second-order valence-electron chi connectivity index (χ2n) is 4.77. The van der Waals surface area contributed by atoms with Gasteiger partial charge in [-0.2, -0.15) is 0 Å². The number of nitrogens with one attached hydrogen (secondary N) is 1. The lowest BCUT2D eigenvalue weighted by Crippen LogP contribution is -2.36. The molecular formula is C14H19N3O. The molecule has 0 atom stereocenters. The first kappa shape index (κ1) is 11.7. The molecule has 0 spiro atoms. The van der Waals surface area contributed by atoms with E-state index in [1.54, 1.807) is 0 Å². The molecule has 1 aromatic carbocycles. The van der Waals surface area contributed by atoms with Gasteiger partial charge in [0, 0.05) is 32.3 Å². The van der Waals surface area contributed by atoms with Crippen molar-refractivity contribution in [3.8, 4) is 0 Å². The highest BCUT2D eigenvalue weighted by Crippen LogP contribution is 2.11. The number of nitrogens with zero attached hydrogens (tertiary/aromatic N) is 2. The summed E-state index contributed by atoms with van der Waals surface area (Å²) < 4.78 is 7.56. The van der Waals surface area contributed by atoms with Crippen LogP contribution in [0.25, 0.3) is 11.0 Å². The Bertz CT molecular complexity index is 502. The highest BCUT2D eigenvalue weighted by molar-refractivity contribution is 5.74. The van der Waals surface area contributed by atoms with Crippen LogP contribution in [0.2, 0.25) is 0 Å². The molecule has 1 aromatic heterocycles. The van der Waals surface area contributed by atoms with Crippen molar-refractivity contribution >= 4 is 11.0 Å². The molecule has 0 bridgehead atoms. The fourth-order valence-corrected chi connectivity index (χ4v) is 2.48. The van der Waals surface area contributed by atoms with Gasteiger partial charge in [0.2, 0.25) is 0 Å². The lowest BCUT2D eigenvalue weighted by atomic mass is 10.1. The van der Waals surface area contributed by atoms with Crippen molar-refractivity contribution in [1.82, 2.24) is 14.9 Å². The highest BCUT2D eigenvalue weighted by Gasteiger charge is 2.12. The molecule has 18 heavy (non-hydrogen) atoms. The summed E-state index contributed by atoms with van der Waals surface area (Å²) in [7, 11) is 0. The Balaban J connectivity index is 1.56. The monoisotopic (exact) mass is 245 g/mol. The van der Waals surface area contributed by atoms with Crippen LogP contribution >= 0.6 is 0 Å². The minimum Gasteiger partial charge on any atom is -0.381 e. The number of aromatic nitrogens is 2. The predicted octanol–water partition coefficient (Wildman–Crippen LogP) is 1.80. The molecule has 2 aromatic rings. The van der Waals surface area contributed by atoms with Crippen molar-refractivity contribution in [2.75, 3.05) is 19.8 Å². The second-order valence-corrected chi connectivity index (χ2v) is 4.77. The van der Waals surface area contributed by atoms with Gasteiger partial charge in [-0.05, 0) is 25.0 Å². The van der Waals surface area contributed by atoms with E-state index in [-0.39, 0.29) is 0 Å². The van der Waals surface area contributed by atoms with Gasteiger partial charge in [0.05, 0.1) is 17.4 Å². The van der Waals surface area contributed by atoms with Gasteiger partial charge in [-0.3, -0.25) is 0 Å². The Hall–Kier alpha value is -1.39. The Kier molecular flexibility index (Phi) is 3.57. The number of para-hydroxylation sites is 2. The maximum Gasteiger partial charge on any atom is 0.0958 e. The van der Waals surface area contributed by atoms with E-state index >= 15 is 0 Å². The third-order valence-electron chi connectivity index (χ3n) is 3.53. The van der Waals surface area contributed by atoms with Gasteiger partial charge in [0.1, 0.15) is 0 Å². The average Bonchev–Trinajstić information content (AvgIpc) is 2.84. The van der Waals surface area contributed by atoms with Crippen LogP contribution < -0.4 is 5.32 Å². The number of hydrogen-bond acceptors (Lipinski definition) is 3. The Labute approximate surface area is 107 Å². The fraction of sp³-hybridized carbons (Fsp3) is 0.500. The molecule has 3 rings (SSSR count). The summed E-state index contributed by atoms with van der Waals surface area (Å²) in [5.74, 6) is 0. The van der Waals surface area contributed by atoms with Crippen molar-refractivity contribution in [2.45, 2.75) is 25.4 Å². The van der Waals surface area contributed by atoms with E-state index in [0.29, 0.717) is 6.04 Å². The van der Waals surface area contributed by atoms with Gasteiger partial charge in [0.15, 0.2) is 0 Å². The van der Waals surface area contributed by atoms with E-state index in [2.05, 4.69) is 33.1 Å². The van der Waals surface area contributed by atoms with Crippen LogP contribution in [0.5, 0.6) is 0 Å². The number of benzene rings is 1. The quantitative estimate of drug-likeness (QED) is 0.893. The molecule has 4 heteroatoms. The molecule has 1 N–H and O–H groups in total. The molecule has 2 heterocycles. The summed E-state index contributed by atoms with van der Waals surface area (Å²) in [5.41, 5.74) is 2.29. The lowest BCUT2D eigenvalue weighted by molar-refractivity contribution is 0.0779. The van der Waals surface area contributed by atoms with Crippen LogP contribution in [0.3, 0.4) is 0 Å². The number of imidazole rings is 1. The summed E-state index contributed by atoms with van der Waals surface area (Å²) in [6.45, 7) is 3.75. The zero-order valence-corrected chi connectivity index (χ0v) is 10.5. The van der Waals surface area contributed by atoms with E-state index in [4.69, 9.17) is 4.74 Å². The number of rotatable bonds is 4. The first-order valence-corrected chi connectivity index (χ1v) is 6.64. The predicted molar refractivity (Wildman–Crippen MR) is 71.6 cm³/mol. The van der Waals surface area contributed by atoms with E-state index < -0.39 is 0 Å². The minimum atomic E-state index is 0.619. The minimum absolute atomic E-state index is 0.619. The summed E-state index contributed by atoms with van der Waals surface area (Å²) in [5, 5.41) is 3.60. The number of ether oxygens (including phenoxy) is 1. The first-order valence-electron chi connectivity index (χ1n) is 6.64. The molecule has 1 saturated heterocycles. The molecule has 0 radical (unpaired) electrons. The Morgan fingerprint density at radius 2 is 2.11 bits per heavy atom. The summed E-state index contributed by atoms with van der Waals surface area (Å²) in [4.78, 5) is 4.40. The molecule has 1 aliphatic heterocycles. The maximum absolute atomic E-state index is 5.35. The molecule has 96 valence electrons. The third-order valence-corrected chi connectivity index (χ3v) is 3.53. The zero-order chi connectivity index (χ0) is 12.2.